The molecule has 0 unspecified atom stereocenters. The minimum Gasteiger partial charge on any atom is -0.328 e. The summed E-state index contributed by atoms with van der Waals surface area (Å²) < 4.78 is 0. The second-order valence-corrected chi connectivity index (χ2v) is 7.44. The highest BCUT2D eigenvalue weighted by Gasteiger charge is 2.19. The standard InChI is InChI=1S/C21H26ClN3/c1-16-4-5-20(17(2)14-16)15-24-10-12-25(13-11-24)23-18(3)19-6-8-21(22)9-7-19/h4-9,14H,10-13,15H2,1-3H3/p+1/b23-18-. The van der Waals surface area contributed by atoms with Crippen molar-refractivity contribution in [2.45, 2.75) is 27.3 Å². The average Bonchev–Trinajstić information content (AvgIpc) is 2.59. The molecule has 2 aromatic rings. The Bertz CT molecular complexity index is 744. The zero-order valence-electron chi connectivity index (χ0n) is 15.3. The maximum atomic E-state index is 5.96. The van der Waals surface area contributed by atoms with E-state index in [1.807, 2.05) is 24.3 Å². The zero-order chi connectivity index (χ0) is 17.8. The van der Waals surface area contributed by atoms with Gasteiger partial charge in [-0.2, -0.15) is 5.10 Å². The van der Waals surface area contributed by atoms with Crippen LogP contribution in [-0.4, -0.2) is 36.9 Å². The summed E-state index contributed by atoms with van der Waals surface area (Å²) >= 11 is 5.96. The molecule has 1 N–H and O–H groups in total. The Kier molecular flexibility index (Phi) is 5.77. The molecule has 4 heteroatoms. The van der Waals surface area contributed by atoms with Gasteiger partial charge in [0.1, 0.15) is 6.54 Å². The van der Waals surface area contributed by atoms with Gasteiger partial charge in [0.15, 0.2) is 0 Å². The van der Waals surface area contributed by atoms with Gasteiger partial charge in [-0.1, -0.05) is 47.5 Å². The summed E-state index contributed by atoms with van der Waals surface area (Å²) in [5.41, 5.74) is 6.40. The molecule has 0 saturated carbocycles. The third-order valence-electron chi connectivity index (χ3n) is 4.94. The van der Waals surface area contributed by atoms with Crippen LogP contribution in [0.1, 0.15) is 29.2 Å². The van der Waals surface area contributed by atoms with Crippen LogP contribution in [0.4, 0.5) is 0 Å². The van der Waals surface area contributed by atoms with Crippen molar-refractivity contribution < 1.29 is 4.90 Å². The molecular weight excluding hydrogens is 330 g/mol. The van der Waals surface area contributed by atoms with Crippen LogP contribution < -0.4 is 4.90 Å². The lowest BCUT2D eigenvalue weighted by Gasteiger charge is -2.31. The Balaban J connectivity index is 1.56. The van der Waals surface area contributed by atoms with Gasteiger partial charge in [-0.15, -0.1) is 0 Å². The number of nitrogens with one attached hydrogen (secondary N) is 1. The molecule has 1 fully saturated rings. The second-order valence-electron chi connectivity index (χ2n) is 7.00. The van der Waals surface area contributed by atoms with Gasteiger partial charge in [0.2, 0.25) is 0 Å². The Morgan fingerprint density at radius 3 is 2.40 bits per heavy atom. The number of hydrogen-bond acceptors (Lipinski definition) is 2. The molecular formula is C21H27ClN3+. The van der Waals surface area contributed by atoms with E-state index in [1.165, 1.54) is 16.7 Å². The number of quaternary nitrogens is 1. The first-order chi connectivity index (χ1) is 12.0. The number of aryl methyl sites for hydroxylation is 2. The normalized spacial score (nSPS) is 16.3. The van der Waals surface area contributed by atoms with E-state index < -0.39 is 0 Å². The summed E-state index contributed by atoms with van der Waals surface area (Å²) in [4.78, 5) is 1.64. The first kappa shape index (κ1) is 18.0. The smallest absolute Gasteiger partial charge is 0.103 e. The van der Waals surface area contributed by atoms with Gasteiger partial charge in [-0.25, -0.2) is 0 Å². The van der Waals surface area contributed by atoms with E-state index in [0.29, 0.717) is 0 Å². The summed E-state index contributed by atoms with van der Waals surface area (Å²) in [6.45, 7) is 11.8. The summed E-state index contributed by atoms with van der Waals surface area (Å²) in [6, 6.07) is 14.7. The maximum Gasteiger partial charge on any atom is 0.103 e. The molecule has 0 radical (unpaired) electrons. The molecule has 3 nitrogen and oxygen atoms in total. The highest BCUT2D eigenvalue weighted by molar-refractivity contribution is 6.30. The fourth-order valence-electron chi connectivity index (χ4n) is 3.36. The first-order valence-electron chi connectivity index (χ1n) is 8.97. The fraction of sp³-hybridized carbons (Fsp3) is 0.381. The average molecular weight is 357 g/mol. The number of hydrazone groups is 1. The van der Waals surface area contributed by atoms with E-state index in [-0.39, 0.29) is 0 Å². The van der Waals surface area contributed by atoms with Gasteiger partial charge in [-0.05, 0) is 44.0 Å². The van der Waals surface area contributed by atoms with Crippen LogP contribution in [-0.2, 0) is 6.54 Å². The van der Waals surface area contributed by atoms with Crippen molar-refractivity contribution in [3.05, 3.63) is 69.7 Å². The molecule has 0 aromatic heterocycles. The quantitative estimate of drug-likeness (QED) is 0.835. The third kappa shape index (κ3) is 4.83. The molecule has 0 atom stereocenters. The minimum absolute atomic E-state index is 0.764. The summed E-state index contributed by atoms with van der Waals surface area (Å²) in [7, 11) is 0. The third-order valence-corrected chi connectivity index (χ3v) is 5.19. The van der Waals surface area contributed by atoms with Crippen molar-refractivity contribution in [2.24, 2.45) is 5.10 Å². The summed E-state index contributed by atoms with van der Waals surface area (Å²) in [5.74, 6) is 0. The van der Waals surface area contributed by atoms with Crippen LogP contribution in [0.2, 0.25) is 5.02 Å². The molecule has 0 amide bonds. The van der Waals surface area contributed by atoms with E-state index >= 15 is 0 Å². The predicted molar refractivity (Wildman–Crippen MR) is 106 cm³/mol. The number of benzene rings is 2. The molecule has 0 aliphatic carbocycles. The van der Waals surface area contributed by atoms with Crippen LogP contribution in [0.25, 0.3) is 0 Å². The number of hydrogen-bond donors (Lipinski definition) is 1. The van der Waals surface area contributed by atoms with Gasteiger partial charge in [-0.3, -0.25) is 5.01 Å². The van der Waals surface area contributed by atoms with Crippen LogP contribution in [0.3, 0.4) is 0 Å². The first-order valence-corrected chi connectivity index (χ1v) is 9.35. The lowest BCUT2D eigenvalue weighted by atomic mass is 10.1. The lowest BCUT2D eigenvalue weighted by Crippen LogP contribution is -3.13. The van der Waals surface area contributed by atoms with E-state index in [1.54, 1.807) is 4.90 Å². The maximum absolute atomic E-state index is 5.96. The van der Waals surface area contributed by atoms with E-state index in [2.05, 4.69) is 44.0 Å². The largest absolute Gasteiger partial charge is 0.328 e. The van der Waals surface area contributed by atoms with Gasteiger partial charge in [0.05, 0.1) is 31.9 Å². The SMILES string of the molecule is C/C(=N/N1CC[NH+](Cc2ccc(C)cc2C)CC1)c1ccc(Cl)cc1. The molecule has 1 heterocycles. The Morgan fingerprint density at radius 2 is 1.76 bits per heavy atom. The van der Waals surface area contributed by atoms with Crippen LogP contribution in [0.5, 0.6) is 0 Å². The number of rotatable bonds is 4. The van der Waals surface area contributed by atoms with Crippen LogP contribution in [0.15, 0.2) is 47.6 Å². The number of halogens is 1. The van der Waals surface area contributed by atoms with Crippen molar-refractivity contribution in [3.63, 3.8) is 0 Å². The van der Waals surface area contributed by atoms with Crippen LogP contribution >= 0.6 is 11.6 Å². The highest BCUT2D eigenvalue weighted by atomic mass is 35.5. The van der Waals surface area contributed by atoms with E-state index in [9.17, 15) is 0 Å². The highest BCUT2D eigenvalue weighted by Crippen LogP contribution is 2.11. The molecule has 2 aromatic carbocycles. The fourth-order valence-corrected chi connectivity index (χ4v) is 3.49. The Morgan fingerprint density at radius 1 is 1.08 bits per heavy atom. The predicted octanol–water partition coefficient (Wildman–Crippen LogP) is 3.08. The van der Waals surface area contributed by atoms with Crippen LogP contribution in [0, 0.1) is 13.8 Å². The monoisotopic (exact) mass is 356 g/mol. The molecule has 25 heavy (non-hydrogen) atoms. The molecule has 3 rings (SSSR count). The van der Waals surface area contributed by atoms with Gasteiger partial charge in [0, 0.05) is 10.6 Å². The number of piperazine rings is 1. The van der Waals surface area contributed by atoms with Crippen molar-refractivity contribution in [2.75, 3.05) is 26.2 Å². The molecule has 1 aliphatic rings. The van der Waals surface area contributed by atoms with Crippen molar-refractivity contribution >= 4 is 17.3 Å². The van der Waals surface area contributed by atoms with E-state index in [0.717, 1.165) is 49.0 Å². The molecule has 0 bridgehead atoms. The lowest BCUT2D eigenvalue weighted by molar-refractivity contribution is -0.918. The number of nitrogens with zero attached hydrogens (tertiary/aromatic N) is 2. The van der Waals surface area contributed by atoms with Gasteiger partial charge in [0.25, 0.3) is 0 Å². The molecule has 0 spiro atoms. The second kappa shape index (κ2) is 8.03. The Hall–Kier alpha value is -1.84. The molecule has 1 saturated heterocycles. The summed E-state index contributed by atoms with van der Waals surface area (Å²) in [6.07, 6.45) is 0. The van der Waals surface area contributed by atoms with Gasteiger partial charge < -0.3 is 4.90 Å². The van der Waals surface area contributed by atoms with E-state index in [4.69, 9.17) is 16.7 Å². The van der Waals surface area contributed by atoms with Crippen molar-refractivity contribution in [3.8, 4) is 0 Å². The molecule has 132 valence electrons. The Labute approximate surface area is 155 Å². The van der Waals surface area contributed by atoms with Crippen molar-refractivity contribution in [1.82, 2.24) is 5.01 Å². The van der Waals surface area contributed by atoms with Gasteiger partial charge >= 0.3 is 0 Å². The zero-order valence-corrected chi connectivity index (χ0v) is 16.1. The van der Waals surface area contributed by atoms with Crippen molar-refractivity contribution in [1.29, 1.82) is 0 Å². The topological polar surface area (TPSA) is 20.0 Å². The molecule has 1 aliphatic heterocycles. The summed E-state index contributed by atoms with van der Waals surface area (Å²) in [5, 5.41) is 7.77. The minimum atomic E-state index is 0.764.